The van der Waals surface area contributed by atoms with Gasteiger partial charge in [0.1, 0.15) is 11.9 Å². The van der Waals surface area contributed by atoms with Crippen molar-refractivity contribution in [3.8, 4) is 0 Å². The average Bonchev–Trinajstić information content (AvgIpc) is 3.21. The summed E-state index contributed by atoms with van der Waals surface area (Å²) in [7, 11) is -3.73. The van der Waals surface area contributed by atoms with Crippen LogP contribution in [0.3, 0.4) is 0 Å². The van der Waals surface area contributed by atoms with Gasteiger partial charge in [0.25, 0.3) is 0 Å². The van der Waals surface area contributed by atoms with Crippen LogP contribution in [0.25, 0.3) is 0 Å². The number of halogens is 1. The molecule has 1 aromatic carbocycles. The molecule has 11 heteroatoms. The van der Waals surface area contributed by atoms with E-state index in [1.54, 1.807) is 18.5 Å². The number of nitrogens with zero attached hydrogens (tertiary/aromatic N) is 2. The Balaban J connectivity index is 1.52. The molecule has 1 unspecified atom stereocenters. The van der Waals surface area contributed by atoms with Gasteiger partial charge in [0, 0.05) is 30.6 Å². The largest absolute Gasteiger partial charge is 0.344 e. The first kappa shape index (κ1) is 21.3. The summed E-state index contributed by atoms with van der Waals surface area (Å²) >= 11 is 1.28. The third-order valence-corrected chi connectivity index (χ3v) is 7.29. The van der Waals surface area contributed by atoms with E-state index in [9.17, 15) is 22.4 Å². The normalized spacial score (nSPS) is 16.9. The number of piperidine rings is 1. The quantitative estimate of drug-likeness (QED) is 0.712. The molecule has 0 saturated carbocycles. The number of carbonyl (C=O) groups excluding carboxylic acids is 2. The molecule has 0 aliphatic carbocycles. The summed E-state index contributed by atoms with van der Waals surface area (Å²) in [6.45, 7) is 1.93. The summed E-state index contributed by atoms with van der Waals surface area (Å²) < 4.78 is 39.6. The van der Waals surface area contributed by atoms with Gasteiger partial charge >= 0.3 is 0 Å². The van der Waals surface area contributed by atoms with Gasteiger partial charge < -0.3 is 10.6 Å². The second-order valence-electron chi connectivity index (χ2n) is 6.69. The van der Waals surface area contributed by atoms with E-state index in [1.807, 2.05) is 0 Å². The first-order chi connectivity index (χ1) is 13.8. The third-order valence-electron chi connectivity index (χ3n) is 4.69. The fourth-order valence-electron chi connectivity index (χ4n) is 3.01. The van der Waals surface area contributed by atoms with Crippen LogP contribution < -0.4 is 10.6 Å². The van der Waals surface area contributed by atoms with Crippen LogP contribution in [0.2, 0.25) is 0 Å². The SMILES string of the molecule is CC(NC(=O)C1CCN(S(=O)(=O)c2ccc(F)cc2)CC1)C(=O)Nc1nccs1. The highest BCUT2D eigenvalue weighted by Gasteiger charge is 2.33. The van der Waals surface area contributed by atoms with E-state index < -0.39 is 21.9 Å². The highest BCUT2D eigenvalue weighted by Crippen LogP contribution is 2.24. The molecule has 0 bridgehead atoms. The molecule has 3 rings (SSSR count). The lowest BCUT2D eigenvalue weighted by Crippen LogP contribution is -2.47. The highest BCUT2D eigenvalue weighted by atomic mass is 32.2. The molecule has 0 radical (unpaired) electrons. The number of hydrogen-bond acceptors (Lipinski definition) is 6. The van der Waals surface area contributed by atoms with Crippen LogP contribution in [0.15, 0.2) is 40.7 Å². The van der Waals surface area contributed by atoms with E-state index in [-0.39, 0.29) is 35.7 Å². The first-order valence-corrected chi connectivity index (χ1v) is 11.4. The summed E-state index contributed by atoms with van der Waals surface area (Å²) in [6.07, 6.45) is 2.25. The Labute approximate surface area is 172 Å². The molecule has 0 spiro atoms. The van der Waals surface area contributed by atoms with Gasteiger partial charge in [-0.05, 0) is 44.0 Å². The molecule has 2 amide bonds. The minimum absolute atomic E-state index is 0.0225. The Hall–Kier alpha value is -2.37. The van der Waals surface area contributed by atoms with Crippen molar-refractivity contribution in [2.75, 3.05) is 18.4 Å². The number of anilines is 1. The Morgan fingerprint density at radius 3 is 2.48 bits per heavy atom. The Morgan fingerprint density at radius 2 is 1.90 bits per heavy atom. The predicted molar refractivity (Wildman–Crippen MR) is 106 cm³/mol. The molecule has 1 aliphatic rings. The minimum atomic E-state index is -3.73. The topological polar surface area (TPSA) is 108 Å². The molecule has 2 N–H and O–H groups in total. The zero-order valence-electron chi connectivity index (χ0n) is 15.7. The molecule has 1 aliphatic heterocycles. The summed E-state index contributed by atoms with van der Waals surface area (Å²) in [6, 6.07) is 3.92. The van der Waals surface area contributed by atoms with Crippen LogP contribution >= 0.6 is 11.3 Å². The number of benzene rings is 1. The number of amides is 2. The fourth-order valence-corrected chi connectivity index (χ4v) is 5.01. The maximum Gasteiger partial charge on any atom is 0.248 e. The molecular formula is C18H21FN4O4S2. The third kappa shape index (κ3) is 5.17. The maximum atomic E-state index is 13.0. The summed E-state index contributed by atoms with van der Waals surface area (Å²) in [5.74, 6) is -1.55. The second-order valence-corrected chi connectivity index (χ2v) is 9.52. The van der Waals surface area contributed by atoms with E-state index in [2.05, 4.69) is 15.6 Å². The standard InChI is InChI=1S/C18H21FN4O4S2/c1-12(16(24)22-18-20-8-11-28-18)21-17(25)13-6-9-23(10-7-13)29(26,27)15-4-2-14(19)3-5-15/h2-5,8,11-13H,6-7,9-10H2,1H3,(H,21,25)(H,20,22,24). The number of carbonyl (C=O) groups is 2. The Kier molecular flexibility index (Phi) is 6.60. The minimum Gasteiger partial charge on any atom is -0.344 e. The van der Waals surface area contributed by atoms with E-state index in [1.165, 1.54) is 27.8 Å². The highest BCUT2D eigenvalue weighted by molar-refractivity contribution is 7.89. The van der Waals surface area contributed by atoms with Crippen molar-refractivity contribution in [1.29, 1.82) is 0 Å². The average molecular weight is 441 g/mol. The number of sulfonamides is 1. The fraction of sp³-hybridized carbons (Fsp3) is 0.389. The second kappa shape index (κ2) is 8.97. The van der Waals surface area contributed by atoms with Gasteiger partial charge in [-0.1, -0.05) is 0 Å². The first-order valence-electron chi connectivity index (χ1n) is 9.04. The number of hydrogen-bond donors (Lipinski definition) is 2. The number of thiazole rings is 1. The molecule has 1 saturated heterocycles. The van der Waals surface area contributed by atoms with Crippen LogP contribution in [0.1, 0.15) is 19.8 Å². The molecular weight excluding hydrogens is 419 g/mol. The van der Waals surface area contributed by atoms with Crippen molar-refractivity contribution in [3.05, 3.63) is 41.7 Å². The lowest BCUT2D eigenvalue weighted by Gasteiger charge is -2.31. The van der Waals surface area contributed by atoms with Gasteiger partial charge in [0.2, 0.25) is 21.8 Å². The van der Waals surface area contributed by atoms with Crippen molar-refractivity contribution in [2.24, 2.45) is 5.92 Å². The lowest BCUT2D eigenvalue weighted by atomic mass is 9.97. The van der Waals surface area contributed by atoms with E-state index in [4.69, 9.17) is 0 Å². The Bertz CT molecular complexity index is 956. The van der Waals surface area contributed by atoms with Crippen molar-refractivity contribution in [1.82, 2.24) is 14.6 Å². The van der Waals surface area contributed by atoms with Gasteiger partial charge in [0.05, 0.1) is 4.90 Å². The summed E-state index contributed by atoms with van der Waals surface area (Å²) in [5.41, 5.74) is 0. The van der Waals surface area contributed by atoms with Crippen LogP contribution in [-0.4, -0.2) is 48.7 Å². The van der Waals surface area contributed by atoms with Gasteiger partial charge in [-0.2, -0.15) is 4.31 Å². The molecule has 8 nitrogen and oxygen atoms in total. The monoisotopic (exact) mass is 440 g/mol. The van der Waals surface area contributed by atoms with Crippen LogP contribution in [0, 0.1) is 11.7 Å². The van der Waals surface area contributed by atoms with Gasteiger partial charge in [0.15, 0.2) is 5.13 Å². The summed E-state index contributed by atoms with van der Waals surface area (Å²) in [5, 5.41) is 7.47. The predicted octanol–water partition coefficient (Wildman–Crippen LogP) is 1.83. The number of aromatic nitrogens is 1. The zero-order valence-corrected chi connectivity index (χ0v) is 17.3. The van der Waals surface area contributed by atoms with Crippen molar-refractivity contribution >= 4 is 38.3 Å². The molecule has 29 heavy (non-hydrogen) atoms. The van der Waals surface area contributed by atoms with E-state index in [0.29, 0.717) is 18.0 Å². The Morgan fingerprint density at radius 1 is 1.24 bits per heavy atom. The van der Waals surface area contributed by atoms with Gasteiger partial charge in [-0.15, -0.1) is 11.3 Å². The van der Waals surface area contributed by atoms with E-state index in [0.717, 1.165) is 12.1 Å². The molecule has 156 valence electrons. The molecule has 2 aromatic rings. The lowest BCUT2D eigenvalue weighted by molar-refractivity contribution is -0.129. The van der Waals surface area contributed by atoms with Crippen LogP contribution in [0.5, 0.6) is 0 Å². The van der Waals surface area contributed by atoms with Crippen molar-refractivity contribution < 1.29 is 22.4 Å². The van der Waals surface area contributed by atoms with Gasteiger partial charge in [-0.25, -0.2) is 17.8 Å². The van der Waals surface area contributed by atoms with Crippen molar-refractivity contribution in [3.63, 3.8) is 0 Å². The smallest absolute Gasteiger partial charge is 0.248 e. The molecule has 2 heterocycles. The van der Waals surface area contributed by atoms with Gasteiger partial charge in [-0.3, -0.25) is 9.59 Å². The molecule has 1 atom stereocenters. The van der Waals surface area contributed by atoms with Crippen molar-refractivity contribution in [2.45, 2.75) is 30.7 Å². The summed E-state index contributed by atoms with van der Waals surface area (Å²) in [4.78, 5) is 28.6. The zero-order chi connectivity index (χ0) is 21.0. The number of rotatable bonds is 6. The maximum absolute atomic E-state index is 13.0. The van der Waals surface area contributed by atoms with Crippen LogP contribution in [-0.2, 0) is 19.6 Å². The molecule has 1 aromatic heterocycles. The van der Waals surface area contributed by atoms with Crippen LogP contribution in [0.4, 0.5) is 9.52 Å². The molecule has 1 fully saturated rings. The number of nitrogens with one attached hydrogen (secondary N) is 2. The van der Waals surface area contributed by atoms with E-state index >= 15 is 0 Å².